The molecule has 2 atom stereocenters. The molecule has 1 aromatic carbocycles. The average molecular weight is 409 g/mol. The summed E-state index contributed by atoms with van der Waals surface area (Å²) >= 11 is 0. The molecule has 0 radical (unpaired) electrons. The molecule has 154 valence electrons. The Morgan fingerprint density at radius 1 is 1.14 bits per heavy atom. The molecule has 0 aliphatic carbocycles. The monoisotopic (exact) mass is 408 g/mol. The third-order valence-corrected chi connectivity index (χ3v) is 6.65. The third-order valence-electron chi connectivity index (χ3n) is 5.37. The zero-order valence-corrected chi connectivity index (χ0v) is 17.5. The van der Waals surface area contributed by atoms with Crippen LogP contribution in [0, 0.1) is 0 Å². The number of fused-ring (bicyclic) bond motifs is 1. The Bertz CT molecular complexity index is 859. The number of anilines is 1. The van der Waals surface area contributed by atoms with Gasteiger partial charge in [-0.3, -0.25) is 9.10 Å². The third kappa shape index (κ3) is 4.32. The van der Waals surface area contributed by atoms with Gasteiger partial charge in [-0.25, -0.2) is 13.2 Å². The van der Waals surface area contributed by atoms with Crippen LogP contribution in [-0.4, -0.2) is 56.7 Å². The van der Waals surface area contributed by atoms with Gasteiger partial charge in [0.05, 0.1) is 17.5 Å². The van der Waals surface area contributed by atoms with Crippen molar-refractivity contribution in [3.8, 4) is 0 Å². The van der Waals surface area contributed by atoms with Gasteiger partial charge in [-0.15, -0.1) is 0 Å². The van der Waals surface area contributed by atoms with E-state index in [2.05, 4.69) is 0 Å². The molecule has 0 unspecified atom stereocenters. The summed E-state index contributed by atoms with van der Waals surface area (Å²) in [6.45, 7) is 4.85. The summed E-state index contributed by atoms with van der Waals surface area (Å²) in [4.78, 5) is 26.9. The van der Waals surface area contributed by atoms with Gasteiger partial charge in [0.25, 0.3) is 5.91 Å². The summed E-state index contributed by atoms with van der Waals surface area (Å²) in [5.41, 5.74) is 1.72. The summed E-state index contributed by atoms with van der Waals surface area (Å²) < 4.78 is 30.8. The van der Waals surface area contributed by atoms with Crippen LogP contribution >= 0.6 is 0 Å². The minimum Gasteiger partial charge on any atom is -0.449 e. The normalized spacial score (nSPS) is 21.0. The van der Waals surface area contributed by atoms with Gasteiger partial charge in [0.2, 0.25) is 10.0 Å². The predicted octanol–water partition coefficient (Wildman–Crippen LogP) is 2.35. The highest BCUT2D eigenvalue weighted by Crippen LogP contribution is 2.34. The van der Waals surface area contributed by atoms with E-state index in [0.29, 0.717) is 30.8 Å². The van der Waals surface area contributed by atoms with Crippen LogP contribution in [-0.2, 0) is 26.0 Å². The van der Waals surface area contributed by atoms with Gasteiger partial charge in [0.15, 0.2) is 6.10 Å². The number of rotatable bonds is 4. The molecule has 7 nitrogen and oxygen atoms in total. The largest absolute Gasteiger partial charge is 0.449 e. The maximum Gasteiger partial charge on any atom is 0.338 e. The molecular weight excluding hydrogens is 380 g/mol. The Labute approximate surface area is 166 Å². The molecule has 0 aromatic heterocycles. The van der Waals surface area contributed by atoms with Gasteiger partial charge in [0, 0.05) is 19.1 Å². The fraction of sp³-hybridized carbons (Fsp3) is 0.600. The van der Waals surface area contributed by atoms with Gasteiger partial charge >= 0.3 is 5.97 Å². The quantitative estimate of drug-likeness (QED) is 0.714. The zero-order chi connectivity index (χ0) is 20.5. The van der Waals surface area contributed by atoms with Crippen molar-refractivity contribution in [3.63, 3.8) is 0 Å². The van der Waals surface area contributed by atoms with Crippen LogP contribution in [0.25, 0.3) is 0 Å². The van der Waals surface area contributed by atoms with Crippen LogP contribution in [0.3, 0.4) is 0 Å². The second kappa shape index (κ2) is 8.11. The van der Waals surface area contributed by atoms with E-state index in [1.54, 1.807) is 30.0 Å². The summed E-state index contributed by atoms with van der Waals surface area (Å²) in [5, 5.41) is 0. The molecule has 3 rings (SSSR count). The maximum atomic E-state index is 12.6. The second-order valence-electron chi connectivity index (χ2n) is 7.74. The lowest BCUT2D eigenvalue weighted by atomic mass is 10.1. The molecule has 0 saturated carbocycles. The zero-order valence-electron chi connectivity index (χ0n) is 16.7. The van der Waals surface area contributed by atoms with E-state index < -0.39 is 22.1 Å². The number of hydrogen-bond acceptors (Lipinski definition) is 5. The first kappa shape index (κ1) is 20.6. The van der Waals surface area contributed by atoms with E-state index in [9.17, 15) is 18.0 Å². The van der Waals surface area contributed by atoms with Crippen molar-refractivity contribution in [2.45, 2.75) is 58.1 Å². The van der Waals surface area contributed by atoms with E-state index in [1.807, 2.05) is 6.92 Å². The van der Waals surface area contributed by atoms with E-state index in [0.717, 1.165) is 31.2 Å². The van der Waals surface area contributed by atoms with Gasteiger partial charge in [0.1, 0.15) is 0 Å². The van der Waals surface area contributed by atoms with Gasteiger partial charge < -0.3 is 9.64 Å². The maximum absolute atomic E-state index is 12.6. The van der Waals surface area contributed by atoms with Crippen molar-refractivity contribution in [2.24, 2.45) is 0 Å². The molecule has 1 aromatic rings. The van der Waals surface area contributed by atoms with Crippen LogP contribution in [0.5, 0.6) is 0 Å². The van der Waals surface area contributed by atoms with E-state index in [4.69, 9.17) is 4.74 Å². The number of carbonyl (C=O) groups excluding carboxylic acids is 2. The number of ether oxygens (including phenoxy) is 1. The standard InChI is InChI=1S/C20H28N2O5S/c1-14-12-17-13-16(8-9-18(17)22(14)28(3,25)26)20(24)27-15(2)19(23)21-10-6-4-5-7-11-21/h8-9,13-15H,4-7,10-12H2,1-3H3/t14-,15-/m0/s1. The molecule has 2 aliphatic rings. The van der Waals surface area contributed by atoms with Crippen molar-refractivity contribution in [2.75, 3.05) is 23.7 Å². The highest BCUT2D eigenvalue weighted by molar-refractivity contribution is 7.92. The first-order valence-electron chi connectivity index (χ1n) is 9.80. The molecule has 0 bridgehead atoms. The van der Waals surface area contributed by atoms with Gasteiger partial charge in [-0.2, -0.15) is 0 Å². The first-order chi connectivity index (χ1) is 13.2. The van der Waals surface area contributed by atoms with E-state index >= 15 is 0 Å². The molecule has 0 N–H and O–H groups in total. The van der Waals surface area contributed by atoms with Crippen molar-refractivity contribution in [1.29, 1.82) is 0 Å². The van der Waals surface area contributed by atoms with Crippen LogP contribution in [0.15, 0.2) is 18.2 Å². The summed E-state index contributed by atoms with van der Waals surface area (Å²) in [6.07, 6.45) is 5.07. The number of nitrogens with zero attached hydrogens (tertiary/aromatic N) is 2. The predicted molar refractivity (Wildman–Crippen MR) is 107 cm³/mol. The smallest absolute Gasteiger partial charge is 0.338 e. The molecular formula is C20H28N2O5S. The first-order valence-corrected chi connectivity index (χ1v) is 11.7. The average Bonchev–Trinajstić information content (AvgIpc) is 2.79. The van der Waals surface area contributed by atoms with Crippen molar-refractivity contribution < 1.29 is 22.7 Å². The van der Waals surface area contributed by atoms with Crippen LogP contribution in [0.1, 0.15) is 55.5 Å². The Morgan fingerprint density at radius 2 is 1.79 bits per heavy atom. The van der Waals surface area contributed by atoms with Crippen molar-refractivity contribution in [3.05, 3.63) is 29.3 Å². The molecule has 0 spiro atoms. The Hall–Kier alpha value is -2.09. The number of hydrogen-bond donors (Lipinski definition) is 0. The summed E-state index contributed by atoms with van der Waals surface area (Å²) in [5.74, 6) is -0.725. The number of esters is 1. The number of sulfonamides is 1. The second-order valence-corrected chi connectivity index (χ2v) is 9.60. The molecule has 2 heterocycles. The fourth-order valence-electron chi connectivity index (χ4n) is 4.06. The lowest BCUT2D eigenvalue weighted by molar-refractivity contribution is -0.139. The van der Waals surface area contributed by atoms with Crippen LogP contribution in [0.2, 0.25) is 0 Å². The van der Waals surface area contributed by atoms with Crippen LogP contribution < -0.4 is 4.31 Å². The Balaban J connectivity index is 1.70. The van der Waals surface area contributed by atoms with E-state index in [1.165, 1.54) is 10.6 Å². The fourth-order valence-corrected chi connectivity index (χ4v) is 5.33. The minimum atomic E-state index is -3.38. The molecule has 1 fully saturated rings. The number of likely N-dealkylation sites (tertiary alicyclic amines) is 1. The number of benzene rings is 1. The SMILES string of the molecule is C[C@H](OC(=O)c1ccc2c(c1)C[C@H](C)N2S(C)(=O)=O)C(=O)N1CCCCCC1. The minimum absolute atomic E-state index is 0.159. The van der Waals surface area contributed by atoms with E-state index in [-0.39, 0.29) is 11.9 Å². The summed E-state index contributed by atoms with van der Waals surface area (Å²) in [6, 6.07) is 4.67. The topological polar surface area (TPSA) is 84.0 Å². The Morgan fingerprint density at radius 3 is 2.39 bits per heavy atom. The van der Waals surface area contributed by atoms with Crippen molar-refractivity contribution >= 4 is 27.6 Å². The molecule has 1 amide bonds. The van der Waals surface area contributed by atoms with Gasteiger partial charge in [-0.1, -0.05) is 12.8 Å². The lowest BCUT2D eigenvalue weighted by Gasteiger charge is -2.24. The highest BCUT2D eigenvalue weighted by atomic mass is 32.2. The van der Waals surface area contributed by atoms with Crippen molar-refractivity contribution in [1.82, 2.24) is 4.90 Å². The molecule has 8 heteroatoms. The number of carbonyl (C=O) groups is 2. The summed E-state index contributed by atoms with van der Waals surface area (Å²) in [7, 11) is -3.38. The molecule has 28 heavy (non-hydrogen) atoms. The van der Waals surface area contributed by atoms with Crippen LogP contribution in [0.4, 0.5) is 5.69 Å². The lowest BCUT2D eigenvalue weighted by Crippen LogP contribution is -2.40. The number of amides is 1. The van der Waals surface area contributed by atoms with Gasteiger partial charge in [-0.05, 0) is 56.9 Å². The highest BCUT2D eigenvalue weighted by Gasteiger charge is 2.33. The molecule has 2 aliphatic heterocycles. The Kier molecular flexibility index (Phi) is 5.98. The molecule has 1 saturated heterocycles.